The molecule has 0 spiro atoms. The summed E-state index contributed by atoms with van der Waals surface area (Å²) >= 11 is 0. The third kappa shape index (κ3) is 3.11. The van der Waals surface area contributed by atoms with Gasteiger partial charge < -0.3 is 5.11 Å². The Hall–Kier alpha value is -1.57. The third-order valence-corrected chi connectivity index (χ3v) is 1.82. The standard InChI is InChI=1S/C11H12O2/c1-9(11(12)13)7-8-10-5-3-2-4-6-10/h2-7H,8H2,1H3,(H,12,13)/b9-7+. The molecule has 13 heavy (non-hydrogen) atoms. The second-order valence-electron chi connectivity index (χ2n) is 2.88. The molecular weight excluding hydrogens is 164 g/mol. The van der Waals surface area contributed by atoms with E-state index >= 15 is 0 Å². The fourth-order valence-electron chi connectivity index (χ4n) is 0.972. The minimum Gasteiger partial charge on any atom is -0.478 e. The quantitative estimate of drug-likeness (QED) is 0.717. The fourth-order valence-corrected chi connectivity index (χ4v) is 0.972. The van der Waals surface area contributed by atoms with E-state index in [4.69, 9.17) is 5.11 Å². The number of carbonyl (C=O) groups is 1. The molecule has 0 atom stereocenters. The molecule has 0 saturated heterocycles. The van der Waals surface area contributed by atoms with Gasteiger partial charge in [0, 0.05) is 5.57 Å². The molecule has 1 N–H and O–H groups in total. The first-order chi connectivity index (χ1) is 6.20. The molecular formula is C11H12O2. The fraction of sp³-hybridized carbons (Fsp3) is 0.182. The zero-order valence-corrected chi connectivity index (χ0v) is 7.53. The number of rotatable bonds is 3. The average Bonchev–Trinajstić information content (AvgIpc) is 2.15. The van der Waals surface area contributed by atoms with Gasteiger partial charge in [-0.15, -0.1) is 0 Å². The largest absolute Gasteiger partial charge is 0.478 e. The van der Waals surface area contributed by atoms with E-state index in [0.29, 0.717) is 12.0 Å². The van der Waals surface area contributed by atoms with Crippen LogP contribution in [0.2, 0.25) is 0 Å². The highest BCUT2D eigenvalue weighted by molar-refractivity contribution is 5.85. The number of benzene rings is 1. The van der Waals surface area contributed by atoms with Crippen LogP contribution in [0.4, 0.5) is 0 Å². The van der Waals surface area contributed by atoms with Crippen molar-refractivity contribution in [1.82, 2.24) is 0 Å². The van der Waals surface area contributed by atoms with Crippen LogP contribution in [0, 0.1) is 0 Å². The van der Waals surface area contributed by atoms with Gasteiger partial charge in [-0.3, -0.25) is 0 Å². The summed E-state index contributed by atoms with van der Waals surface area (Å²) in [5.41, 5.74) is 1.52. The van der Waals surface area contributed by atoms with Crippen molar-refractivity contribution in [3.63, 3.8) is 0 Å². The van der Waals surface area contributed by atoms with E-state index < -0.39 is 5.97 Å². The minimum atomic E-state index is -0.851. The molecule has 68 valence electrons. The van der Waals surface area contributed by atoms with E-state index in [-0.39, 0.29) is 0 Å². The Labute approximate surface area is 77.5 Å². The molecule has 0 bridgehead atoms. The molecule has 2 nitrogen and oxygen atoms in total. The van der Waals surface area contributed by atoms with Crippen LogP contribution >= 0.6 is 0 Å². The van der Waals surface area contributed by atoms with Gasteiger partial charge in [-0.25, -0.2) is 4.79 Å². The van der Waals surface area contributed by atoms with Gasteiger partial charge in [0.05, 0.1) is 0 Å². The van der Waals surface area contributed by atoms with E-state index in [2.05, 4.69) is 0 Å². The van der Waals surface area contributed by atoms with Gasteiger partial charge >= 0.3 is 5.97 Å². The van der Waals surface area contributed by atoms with Crippen LogP contribution in [0.15, 0.2) is 42.0 Å². The first kappa shape index (κ1) is 9.52. The van der Waals surface area contributed by atoms with Crippen LogP contribution in [0.5, 0.6) is 0 Å². The summed E-state index contributed by atoms with van der Waals surface area (Å²) in [7, 11) is 0. The van der Waals surface area contributed by atoms with Crippen LogP contribution < -0.4 is 0 Å². The molecule has 0 aliphatic heterocycles. The van der Waals surface area contributed by atoms with Crippen molar-refractivity contribution < 1.29 is 9.90 Å². The summed E-state index contributed by atoms with van der Waals surface area (Å²) in [6.45, 7) is 1.60. The summed E-state index contributed by atoms with van der Waals surface area (Å²) in [6.07, 6.45) is 2.40. The summed E-state index contributed by atoms with van der Waals surface area (Å²) in [6, 6.07) is 9.78. The zero-order valence-electron chi connectivity index (χ0n) is 7.53. The van der Waals surface area contributed by atoms with Gasteiger partial charge in [0.15, 0.2) is 0 Å². The van der Waals surface area contributed by atoms with Crippen LogP contribution in [0.1, 0.15) is 12.5 Å². The predicted octanol–water partition coefficient (Wildman–Crippen LogP) is 2.26. The number of allylic oxidation sites excluding steroid dienone is 1. The Balaban J connectivity index is 2.62. The number of hydrogen-bond donors (Lipinski definition) is 1. The molecule has 0 heterocycles. The number of carboxylic acid groups (broad SMARTS) is 1. The van der Waals surface area contributed by atoms with Gasteiger partial charge in [0.1, 0.15) is 0 Å². The summed E-state index contributed by atoms with van der Waals surface area (Å²) in [4.78, 5) is 10.5. The van der Waals surface area contributed by atoms with Crippen molar-refractivity contribution in [1.29, 1.82) is 0 Å². The molecule has 0 fully saturated rings. The Morgan fingerprint density at radius 2 is 2.00 bits per heavy atom. The first-order valence-corrected chi connectivity index (χ1v) is 4.14. The van der Waals surface area contributed by atoms with Crippen molar-refractivity contribution in [2.45, 2.75) is 13.3 Å². The van der Waals surface area contributed by atoms with E-state index in [1.165, 1.54) is 0 Å². The molecule has 1 aromatic carbocycles. The lowest BCUT2D eigenvalue weighted by atomic mass is 10.1. The van der Waals surface area contributed by atoms with Gasteiger partial charge in [-0.2, -0.15) is 0 Å². The minimum absolute atomic E-state index is 0.392. The summed E-state index contributed by atoms with van der Waals surface area (Å²) < 4.78 is 0. The number of hydrogen-bond acceptors (Lipinski definition) is 1. The van der Waals surface area contributed by atoms with E-state index in [0.717, 1.165) is 5.56 Å². The monoisotopic (exact) mass is 176 g/mol. The smallest absolute Gasteiger partial charge is 0.330 e. The lowest BCUT2D eigenvalue weighted by molar-refractivity contribution is -0.132. The Morgan fingerprint density at radius 3 is 2.54 bits per heavy atom. The molecule has 0 saturated carbocycles. The van der Waals surface area contributed by atoms with E-state index in [1.807, 2.05) is 30.3 Å². The second-order valence-corrected chi connectivity index (χ2v) is 2.88. The van der Waals surface area contributed by atoms with Crippen LogP contribution in [-0.4, -0.2) is 11.1 Å². The third-order valence-electron chi connectivity index (χ3n) is 1.82. The Morgan fingerprint density at radius 1 is 1.38 bits per heavy atom. The maximum absolute atomic E-state index is 10.5. The van der Waals surface area contributed by atoms with E-state index in [9.17, 15) is 4.79 Å². The first-order valence-electron chi connectivity index (χ1n) is 4.14. The topological polar surface area (TPSA) is 37.3 Å². The molecule has 0 amide bonds. The molecule has 1 aromatic rings. The average molecular weight is 176 g/mol. The highest BCUT2D eigenvalue weighted by Crippen LogP contribution is 2.02. The number of aliphatic carboxylic acids is 1. The molecule has 2 heteroatoms. The van der Waals surface area contributed by atoms with Crippen LogP contribution in [0.3, 0.4) is 0 Å². The van der Waals surface area contributed by atoms with Crippen molar-refractivity contribution >= 4 is 5.97 Å². The second kappa shape index (κ2) is 4.45. The van der Waals surface area contributed by atoms with Gasteiger partial charge in [0.2, 0.25) is 0 Å². The highest BCUT2D eigenvalue weighted by Gasteiger charge is 1.97. The van der Waals surface area contributed by atoms with Gasteiger partial charge in [-0.05, 0) is 18.9 Å². The lowest BCUT2D eigenvalue weighted by Crippen LogP contribution is -1.96. The van der Waals surface area contributed by atoms with Crippen molar-refractivity contribution in [2.24, 2.45) is 0 Å². The molecule has 0 unspecified atom stereocenters. The zero-order chi connectivity index (χ0) is 9.68. The van der Waals surface area contributed by atoms with Gasteiger partial charge in [-0.1, -0.05) is 36.4 Å². The predicted molar refractivity (Wildman–Crippen MR) is 51.5 cm³/mol. The van der Waals surface area contributed by atoms with Crippen molar-refractivity contribution in [3.8, 4) is 0 Å². The summed E-state index contributed by atoms with van der Waals surface area (Å²) in [5.74, 6) is -0.851. The van der Waals surface area contributed by atoms with Crippen LogP contribution in [0.25, 0.3) is 0 Å². The Kier molecular flexibility index (Phi) is 3.26. The van der Waals surface area contributed by atoms with E-state index in [1.54, 1.807) is 13.0 Å². The molecule has 0 aliphatic carbocycles. The lowest BCUT2D eigenvalue weighted by Gasteiger charge is -1.95. The maximum Gasteiger partial charge on any atom is 0.330 e. The summed E-state index contributed by atoms with van der Waals surface area (Å²) in [5, 5.41) is 8.59. The SMILES string of the molecule is C/C(=C\Cc1ccccc1)C(=O)O. The van der Waals surface area contributed by atoms with Gasteiger partial charge in [0.25, 0.3) is 0 Å². The molecule has 0 aliphatic rings. The molecule has 1 rings (SSSR count). The van der Waals surface area contributed by atoms with Crippen molar-refractivity contribution in [3.05, 3.63) is 47.5 Å². The molecule has 0 radical (unpaired) electrons. The normalized spacial score (nSPS) is 11.3. The highest BCUT2D eigenvalue weighted by atomic mass is 16.4. The van der Waals surface area contributed by atoms with Crippen LogP contribution in [-0.2, 0) is 11.2 Å². The maximum atomic E-state index is 10.5. The number of carboxylic acids is 1. The molecule has 0 aromatic heterocycles. The van der Waals surface area contributed by atoms with Crippen molar-refractivity contribution in [2.75, 3.05) is 0 Å². The Bertz CT molecular complexity index is 312.